The molecule has 0 aliphatic carbocycles. The van der Waals surface area contributed by atoms with Crippen LogP contribution in [0.3, 0.4) is 0 Å². The molecule has 17 heavy (non-hydrogen) atoms. The molecule has 1 N–H and O–H groups in total. The van der Waals surface area contributed by atoms with Crippen molar-refractivity contribution < 1.29 is 13.5 Å². The highest BCUT2D eigenvalue weighted by molar-refractivity contribution is 5.85. The number of hydrogen-bond donors (Lipinski definition) is 1. The van der Waals surface area contributed by atoms with Gasteiger partial charge in [-0.1, -0.05) is 0 Å². The molecule has 0 radical (unpaired) electrons. The van der Waals surface area contributed by atoms with E-state index in [4.69, 9.17) is 4.74 Å². The second-order valence-corrected chi connectivity index (χ2v) is 4.13. The topological polar surface area (TPSA) is 21.3 Å². The molecule has 1 saturated heterocycles. The molecular formula is C12H16ClF2NO. The zero-order valence-electron chi connectivity index (χ0n) is 9.42. The summed E-state index contributed by atoms with van der Waals surface area (Å²) in [6.45, 7) is 2.47. The third kappa shape index (κ3) is 4.48. The first-order chi connectivity index (χ1) is 7.74. The van der Waals surface area contributed by atoms with Gasteiger partial charge >= 0.3 is 0 Å². The Kier molecular flexibility index (Phi) is 5.65. The van der Waals surface area contributed by atoms with Gasteiger partial charge in [0.1, 0.15) is 17.4 Å². The van der Waals surface area contributed by atoms with Crippen molar-refractivity contribution >= 4 is 12.4 Å². The molecule has 0 bridgehead atoms. The molecule has 1 unspecified atom stereocenters. The number of rotatable bonds is 3. The van der Waals surface area contributed by atoms with E-state index < -0.39 is 11.6 Å². The number of piperidine rings is 1. The Labute approximate surface area is 106 Å². The predicted octanol–water partition coefficient (Wildman–Crippen LogP) is 2.77. The Morgan fingerprint density at radius 2 is 1.94 bits per heavy atom. The highest BCUT2D eigenvalue weighted by Crippen LogP contribution is 2.17. The Morgan fingerprint density at radius 1 is 1.24 bits per heavy atom. The van der Waals surface area contributed by atoms with Gasteiger partial charge in [-0.25, -0.2) is 8.78 Å². The van der Waals surface area contributed by atoms with Crippen molar-refractivity contribution in [1.82, 2.24) is 5.32 Å². The fourth-order valence-electron chi connectivity index (χ4n) is 1.89. The maximum absolute atomic E-state index is 12.9. The van der Waals surface area contributed by atoms with Crippen LogP contribution in [0.15, 0.2) is 18.2 Å². The fourth-order valence-corrected chi connectivity index (χ4v) is 1.89. The summed E-state index contributed by atoms with van der Waals surface area (Å²) in [5.74, 6) is -0.503. The second-order valence-electron chi connectivity index (χ2n) is 4.13. The predicted molar refractivity (Wildman–Crippen MR) is 64.7 cm³/mol. The minimum absolute atomic E-state index is 0. The van der Waals surface area contributed by atoms with Crippen molar-refractivity contribution in [3.05, 3.63) is 29.8 Å². The number of nitrogens with one attached hydrogen (secondary N) is 1. The number of ether oxygens (including phenoxy) is 1. The molecule has 0 saturated carbocycles. The van der Waals surface area contributed by atoms with E-state index in [1.54, 1.807) is 0 Å². The van der Waals surface area contributed by atoms with E-state index in [9.17, 15) is 8.78 Å². The summed E-state index contributed by atoms with van der Waals surface area (Å²) in [6, 6.07) is 3.26. The van der Waals surface area contributed by atoms with Crippen LogP contribution in [0.5, 0.6) is 5.75 Å². The number of benzene rings is 1. The van der Waals surface area contributed by atoms with Crippen molar-refractivity contribution in [3.63, 3.8) is 0 Å². The first kappa shape index (κ1) is 14.2. The van der Waals surface area contributed by atoms with Gasteiger partial charge in [0, 0.05) is 30.7 Å². The van der Waals surface area contributed by atoms with Gasteiger partial charge in [0.15, 0.2) is 0 Å². The summed E-state index contributed by atoms with van der Waals surface area (Å²) < 4.78 is 31.1. The van der Waals surface area contributed by atoms with Crippen LogP contribution in [0.25, 0.3) is 0 Å². The number of halogens is 3. The Balaban J connectivity index is 0.00000144. The monoisotopic (exact) mass is 263 g/mol. The zero-order valence-corrected chi connectivity index (χ0v) is 10.2. The van der Waals surface area contributed by atoms with E-state index in [1.807, 2.05) is 0 Å². The van der Waals surface area contributed by atoms with Gasteiger partial charge in [-0.3, -0.25) is 0 Å². The average molecular weight is 264 g/mol. The fraction of sp³-hybridized carbons (Fsp3) is 0.500. The van der Waals surface area contributed by atoms with E-state index in [0.717, 1.165) is 32.0 Å². The Bertz CT molecular complexity index is 336. The molecule has 5 heteroatoms. The molecule has 2 nitrogen and oxygen atoms in total. The SMILES string of the molecule is Cl.Fc1cc(F)cc(OCC2CCCNC2)c1. The Morgan fingerprint density at radius 3 is 2.53 bits per heavy atom. The van der Waals surface area contributed by atoms with E-state index in [2.05, 4.69) is 5.32 Å². The molecule has 1 aromatic rings. The Hall–Kier alpha value is -0.870. The smallest absolute Gasteiger partial charge is 0.129 e. The van der Waals surface area contributed by atoms with Crippen molar-refractivity contribution in [3.8, 4) is 5.75 Å². The van der Waals surface area contributed by atoms with Crippen molar-refractivity contribution in [2.75, 3.05) is 19.7 Å². The minimum atomic E-state index is -0.600. The lowest BCUT2D eigenvalue weighted by atomic mass is 10.0. The van der Waals surface area contributed by atoms with Crippen LogP contribution in [-0.2, 0) is 0 Å². The van der Waals surface area contributed by atoms with Crippen molar-refractivity contribution in [1.29, 1.82) is 0 Å². The molecule has 1 fully saturated rings. The van der Waals surface area contributed by atoms with Crippen LogP contribution >= 0.6 is 12.4 Å². The molecule has 2 rings (SSSR count). The van der Waals surface area contributed by atoms with E-state index in [1.165, 1.54) is 12.1 Å². The molecule has 96 valence electrons. The maximum atomic E-state index is 12.9. The van der Waals surface area contributed by atoms with Gasteiger partial charge in [-0.2, -0.15) is 0 Å². The molecule has 1 aliphatic heterocycles. The summed E-state index contributed by atoms with van der Waals surface area (Å²) in [5, 5.41) is 3.27. The quantitative estimate of drug-likeness (QED) is 0.905. The van der Waals surface area contributed by atoms with Gasteiger partial charge in [0.05, 0.1) is 6.61 Å². The molecule has 0 spiro atoms. The third-order valence-electron chi connectivity index (χ3n) is 2.72. The van der Waals surface area contributed by atoms with Crippen molar-refractivity contribution in [2.45, 2.75) is 12.8 Å². The summed E-state index contributed by atoms with van der Waals surface area (Å²) in [7, 11) is 0. The lowest BCUT2D eigenvalue weighted by Gasteiger charge is -2.22. The zero-order chi connectivity index (χ0) is 11.4. The first-order valence-electron chi connectivity index (χ1n) is 5.53. The molecule has 1 aromatic carbocycles. The third-order valence-corrected chi connectivity index (χ3v) is 2.72. The van der Waals surface area contributed by atoms with Crippen LogP contribution in [0, 0.1) is 17.6 Å². The van der Waals surface area contributed by atoms with Crippen LogP contribution < -0.4 is 10.1 Å². The molecular weight excluding hydrogens is 248 g/mol. The van der Waals surface area contributed by atoms with Crippen LogP contribution in [-0.4, -0.2) is 19.7 Å². The summed E-state index contributed by atoms with van der Waals surface area (Å²) in [5.41, 5.74) is 0. The lowest BCUT2D eigenvalue weighted by molar-refractivity contribution is 0.217. The van der Waals surface area contributed by atoms with Gasteiger partial charge in [-0.15, -0.1) is 12.4 Å². The molecule has 1 atom stereocenters. The van der Waals surface area contributed by atoms with Crippen LogP contribution in [0.4, 0.5) is 8.78 Å². The first-order valence-corrected chi connectivity index (χ1v) is 5.53. The summed E-state index contributed by atoms with van der Waals surface area (Å²) in [4.78, 5) is 0. The number of hydrogen-bond acceptors (Lipinski definition) is 2. The largest absolute Gasteiger partial charge is 0.493 e. The van der Waals surface area contributed by atoms with Crippen molar-refractivity contribution in [2.24, 2.45) is 5.92 Å². The van der Waals surface area contributed by atoms with E-state index in [-0.39, 0.29) is 18.2 Å². The van der Waals surface area contributed by atoms with Gasteiger partial charge < -0.3 is 10.1 Å². The minimum Gasteiger partial charge on any atom is -0.493 e. The normalized spacial score (nSPS) is 19.5. The lowest BCUT2D eigenvalue weighted by Crippen LogP contribution is -2.33. The highest BCUT2D eigenvalue weighted by atomic mass is 35.5. The van der Waals surface area contributed by atoms with E-state index in [0.29, 0.717) is 12.5 Å². The molecule has 0 aromatic heterocycles. The van der Waals surface area contributed by atoms with Gasteiger partial charge in [0.25, 0.3) is 0 Å². The van der Waals surface area contributed by atoms with Crippen LogP contribution in [0.2, 0.25) is 0 Å². The van der Waals surface area contributed by atoms with Crippen LogP contribution in [0.1, 0.15) is 12.8 Å². The average Bonchev–Trinajstić information content (AvgIpc) is 2.27. The molecule has 0 amide bonds. The summed E-state index contributed by atoms with van der Waals surface area (Å²) >= 11 is 0. The second kappa shape index (κ2) is 6.77. The molecule has 1 heterocycles. The summed E-state index contributed by atoms with van der Waals surface area (Å²) in [6.07, 6.45) is 2.23. The standard InChI is InChI=1S/C12H15F2NO.ClH/c13-10-4-11(14)6-12(5-10)16-8-9-2-1-3-15-7-9;/h4-6,9,15H,1-3,7-8H2;1H. The van der Waals surface area contributed by atoms with Gasteiger partial charge in [-0.05, 0) is 19.4 Å². The van der Waals surface area contributed by atoms with E-state index >= 15 is 0 Å². The highest BCUT2D eigenvalue weighted by Gasteiger charge is 2.13. The molecule has 1 aliphatic rings. The van der Waals surface area contributed by atoms with Gasteiger partial charge in [0.2, 0.25) is 0 Å². The maximum Gasteiger partial charge on any atom is 0.129 e.